The highest BCUT2D eigenvalue weighted by Gasteiger charge is 2.52. The van der Waals surface area contributed by atoms with E-state index in [9.17, 15) is 14.0 Å². The van der Waals surface area contributed by atoms with Crippen molar-refractivity contribution in [2.24, 2.45) is 5.92 Å². The number of nitrogens with zero attached hydrogens (tertiary/aromatic N) is 3. The van der Waals surface area contributed by atoms with Gasteiger partial charge in [-0.1, -0.05) is 30.2 Å². The molecule has 7 nitrogen and oxygen atoms in total. The third-order valence-corrected chi connectivity index (χ3v) is 6.66. The van der Waals surface area contributed by atoms with Crippen LogP contribution in [0.4, 0.5) is 4.39 Å². The van der Waals surface area contributed by atoms with E-state index in [1.165, 1.54) is 6.07 Å². The average Bonchev–Trinajstić information content (AvgIpc) is 3.74. The van der Waals surface area contributed by atoms with E-state index in [4.69, 9.17) is 4.74 Å². The standard InChI is InChI=1S/C27H25FN4O3/c1-2-15-35-25-21-6-4-3-5-20(21)24(30-31-25)17-18-7-10-23(28)22(16-18)27(34)32(13-11-29-12-14-32)26(33)19-8-9-19/h3-7,10,16,19,29H,1,8-9,11-14,17H2/q+1. The summed E-state index contributed by atoms with van der Waals surface area (Å²) in [7, 11) is 0. The van der Waals surface area contributed by atoms with Crippen LogP contribution in [0.25, 0.3) is 10.8 Å². The van der Waals surface area contributed by atoms with E-state index in [0.717, 1.165) is 23.6 Å². The van der Waals surface area contributed by atoms with Crippen molar-refractivity contribution in [3.05, 3.63) is 72.0 Å². The molecule has 0 unspecified atom stereocenters. The topological polar surface area (TPSA) is 81.2 Å². The summed E-state index contributed by atoms with van der Waals surface area (Å²) in [5.74, 6) is 1.43. The van der Waals surface area contributed by atoms with Crippen LogP contribution >= 0.6 is 0 Å². The summed E-state index contributed by atoms with van der Waals surface area (Å²) < 4.78 is 20.0. The summed E-state index contributed by atoms with van der Waals surface area (Å²) in [6, 6.07) is 12.0. The molecule has 1 saturated heterocycles. The van der Waals surface area contributed by atoms with Gasteiger partial charge in [-0.25, -0.2) is 14.0 Å². The minimum absolute atomic E-state index is 0.0543. The van der Waals surface area contributed by atoms with Crippen molar-refractivity contribution in [2.75, 3.05) is 26.2 Å². The van der Waals surface area contributed by atoms with Crippen molar-refractivity contribution in [3.63, 3.8) is 0 Å². The number of quaternary nitrogens is 1. The highest BCUT2D eigenvalue weighted by Crippen LogP contribution is 2.35. The predicted octanol–water partition coefficient (Wildman–Crippen LogP) is 3.03. The number of amides is 2. The first kappa shape index (κ1) is 23.1. The van der Waals surface area contributed by atoms with Gasteiger partial charge in [-0.15, -0.1) is 5.10 Å². The number of carbonyl (C=O) groups excluding carboxylic acids is 2. The largest absolute Gasteiger partial charge is 0.385 e. The Morgan fingerprint density at radius 3 is 2.57 bits per heavy atom. The fourth-order valence-electron chi connectivity index (χ4n) is 4.68. The molecule has 177 valence electrons. The van der Waals surface area contributed by atoms with Crippen molar-refractivity contribution in [2.45, 2.75) is 19.3 Å². The Kier molecular flexibility index (Phi) is 6.29. The molecule has 1 radical (unpaired) electrons. The van der Waals surface area contributed by atoms with Crippen molar-refractivity contribution in [1.82, 2.24) is 15.5 Å². The van der Waals surface area contributed by atoms with Gasteiger partial charge in [0.1, 0.15) is 30.6 Å². The van der Waals surface area contributed by atoms with Gasteiger partial charge in [0.2, 0.25) is 0 Å². The second-order valence-corrected chi connectivity index (χ2v) is 8.95. The molecular formula is C27H25FN4O3+. The molecular weight excluding hydrogens is 447 g/mol. The molecule has 0 bridgehead atoms. The zero-order valence-corrected chi connectivity index (χ0v) is 19.2. The van der Waals surface area contributed by atoms with E-state index in [-0.39, 0.29) is 27.8 Å². The van der Waals surface area contributed by atoms with Crippen LogP contribution in [0.1, 0.15) is 34.5 Å². The first-order chi connectivity index (χ1) is 17.0. The maximum Gasteiger partial charge on any atom is 0.356 e. The predicted molar refractivity (Wildman–Crippen MR) is 127 cm³/mol. The summed E-state index contributed by atoms with van der Waals surface area (Å²) in [4.78, 5) is 26.9. The number of hydrogen-bond donors (Lipinski definition) is 1. The van der Waals surface area contributed by atoms with Crippen molar-refractivity contribution < 1.29 is 23.2 Å². The third kappa shape index (κ3) is 4.41. The van der Waals surface area contributed by atoms with Crippen molar-refractivity contribution >= 4 is 22.6 Å². The summed E-state index contributed by atoms with van der Waals surface area (Å²) in [6.45, 7) is 5.19. The van der Waals surface area contributed by atoms with E-state index in [1.54, 1.807) is 12.1 Å². The Morgan fingerprint density at radius 1 is 1.11 bits per heavy atom. The molecule has 2 heterocycles. The molecule has 1 aliphatic heterocycles. The Hall–Kier alpha value is -3.67. The SMILES string of the molecule is [CH2]C#COc1nnc(Cc2ccc(F)c(C(=O)[N+]3(C(=O)C4CC4)CCNCC3)c2)c2ccccc12. The molecule has 1 saturated carbocycles. The van der Waals surface area contributed by atoms with Crippen molar-refractivity contribution in [1.29, 1.82) is 0 Å². The molecule has 0 atom stereocenters. The fourth-order valence-corrected chi connectivity index (χ4v) is 4.68. The van der Waals surface area contributed by atoms with Crippen LogP contribution in [0.5, 0.6) is 5.88 Å². The molecule has 8 heteroatoms. The second-order valence-electron chi connectivity index (χ2n) is 8.95. The first-order valence-electron chi connectivity index (χ1n) is 11.7. The van der Waals surface area contributed by atoms with Gasteiger partial charge in [-0.2, -0.15) is 9.58 Å². The Morgan fingerprint density at radius 2 is 1.86 bits per heavy atom. The fraction of sp³-hybridized carbons (Fsp3) is 0.296. The molecule has 2 fully saturated rings. The molecule has 35 heavy (non-hydrogen) atoms. The summed E-state index contributed by atoms with van der Waals surface area (Å²) in [5.41, 5.74) is 1.30. The number of nitrogens with one attached hydrogen (secondary N) is 1. The quantitative estimate of drug-likeness (QED) is 0.349. The van der Waals surface area contributed by atoms with Crippen LogP contribution in [0, 0.1) is 30.7 Å². The summed E-state index contributed by atoms with van der Waals surface area (Å²) >= 11 is 0. The highest BCUT2D eigenvalue weighted by atomic mass is 19.1. The minimum atomic E-state index is -0.621. The Bertz CT molecular complexity index is 1370. The third-order valence-electron chi connectivity index (χ3n) is 6.66. The lowest BCUT2D eigenvalue weighted by molar-refractivity contribution is -0.776. The molecule has 1 aliphatic carbocycles. The van der Waals surface area contributed by atoms with Gasteiger partial charge in [0.05, 0.1) is 11.6 Å². The van der Waals surface area contributed by atoms with Gasteiger partial charge in [-0.3, -0.25) is 0 Å². The zero-order chi connectivity index (χ0) is 24.4. The van der Waals surface area contributed by atoms with Crippen LogP contribution in [0.15, 0.2) is 42.5 Å². The van der Waals surface area contributed by atoms with Gasteiger partial charge >= 0.3 is 11.8 Å². The number of hydrogen-bond acceptors (Lipinski definition) is 6. The van der Waals surface area contributed by atoms with Crippen LogP contribution < -0.4 is 10.1 Å². The summed E-state index contributed by atoms with van der Waals surface area (Å²) in [5, 5.41) is 13.2. The van der Waals surface area contributed by atoms with Crippen LogP contribution in [-0.2, 0) is 11.2 Å². The van der Waals surface area contributed by atoms with Crippen LogP contribution in [-0.4, -0.2) is 52.7 Å². The number of benzene rings is 2. The molecule has 2 aromatic carbocycles. The number of ether oxygens (including phenoxy) is 1. The molecule has 1 N–H and O–H groups in total. The van der Waals surface area contributed by atoms with E-state index in [0.29, 0.717) is 43.9 Å². The van der Waals surface area contributed by atoms with Crippen LogP contribution in [0.3, 0.4) is 0 Å². The number of carbonyl (C=O) groups is 2. The van der Waals surface area contributed by atoms with E-state index in [1.807, 2.05) is 24.3 Å². The number of fused-ring (bicyclic) bond motifs is 1. The first-order valence-corrected chi connectivity index (χ1v) is 11.7. The summed E-state index contributed by atoms with van der Waals surface area (Å²) in [6.07, 6.45) is 4.36. The second kappa shape index (κ2) is 9.53. The van der Waals surface area contributed by atoms with Gasteiger partial charge in [0, 0.05) is 37.2 Å². The maximum absolute atomic E-state index is 15.0. The van der Waals surface area contributed by atoms with E-state index in [2.05, 4.69) is 34.5 Å². The van der Waals surface area contributed by atoms with E-state index >= 15 is 0 Å². The number of aromatic nitrogens is 2. The van der Waals surface area contributed by atoms with Gasteiger partial charge < -0.3 is 10.1 Å². The van der Waals surface area contributed by atoms with Gasteiger partial charge in [0.25, 0.3) is 5.88 Å². The number of rotatable bonds is 5. The molecule has 1 aromatic heterocycles. The van der Waals surface area contributed by atoms with Gasteiger partial charge in [-0.05, 0) is 36.6 Å². The normalized spacial score (nSPS) is 16.9. The molecule has 0 spiro atoms. The lowest BCUT2D eigenvalue weighted by atomic mass is 10.0. The maximum atomic E-state index is 15.0. The van der Waals surface area contributed by atoms with Gasteiger partial charge in [0.15, 0.2) is 0 Å². The number of imide groups is 1. The lowest BCUT2D eigenvalue weighted by Gasteiger charge is -2.36. The number of halogens is 1. The van der Waals surface area contributed by atoms with E-state index < -0.39 is 11.7 Å². The smallest absolute Gasteiger partial charge is 0.356 e. The highest BCUT2D eigenvalue weighted by molar-refractivity contribution is 5.97. The minimum Gasteiger partial charge on any atom is -0.385 e. The monoisotopic (exact) mass is 472 g/mol. The van der Waals surface area contributed by atoms with Crippen LogP contribution in [0.2, 0.25) is 0 Å². The molecule has 2 amide bonds. The Balaban J connectivity index is 1.49. The average molecular weight is 473 g/mol. The molecule has 2 aliphatic rings. The zero-order valence-electron chi connectivity index (χ0n) is 19.2. The molecule has 3 aromatic rings. The molecule has 5 rings (SSSR count). The Labute approximate surface area is 202 Å². The lowest BCUT2D eigenvalue weighted by Crippen LogP contribution is -2.65. The number of piperazine rings is 1. The van der Waals surface area contributed by atoms with Crippen molar-refractivity contribution in [3.8, 4) is 17.9 Å².